The van der Waals surface area contributed by atoms with Crippen LogP contribution in [0.5, 0.6) is 0 Å². The van der Waals surface area contributed by atoms with Crippen LogP contribution in [0.1, 0.15) is 77.0 Å². The lowest BCUT2D eigenvalue weighted by molar-refractivity contribution is 0.0165. The number of hydrogen-bond donors (Lipinski definition) is 0. The molecule has 0 N–H and O–H groups in total. The van der Waals surface area contributed by atoms with Crippen LogP contribution in [0, 0.1) is 35.5 Å². The fourth-order valence-corrected chi connectivity index (χ4v) is 9.95. The average molecular weight is 338 g/mol. The van der Waals surface area contributed by atoms with Crippen LogP contribution in [0.3, 0.4) is 0 Å². The Kier molecular flexibility index (Phi) is 3.43. The summed E-state index contributed by atoms with van der Waals surface area (Å²) in [6.07, 6.45) is 18.3. The van der Waals surface area contributed by atoms with Gasteiger partial charge in [-0.2, -0.15) is 0 Å². The second-order valence-electron chi connectivity index (χ2n) is 12.0. The Morgan fingerprint density at radius 1 is 0.520 bits per heavy atom. The zero-order chi connectivity index (χ0) is 16.8. The van der Waals surface area contributed by atoms with Crippen LogP contribution in [0.15, 0.2) is 0 Å². The van der Waals surface area contributed by atoms with Crippen LogP contribution >= 0.6 is 0 Å². The van der Waals surface area contributed by atoms with Gasteiger partial charge in [0.1, 0.15) is 0 Å². The summed E-state index contributed by atoms with van der Waals surface area (Å²) in [5.74, 6) is 6.29. The maximum atomic E-state index is 7.02. The van der Waals surface area contributed by atoms with E-state index in [-0.39, 0.29) is 0 Å². The fraction of sp³-hybridized carbons (Fsp3) is 1.00. The molecule has 25 heavy (non-hydrogen) atoms. The molecule has 8 rings (SSSR count). The van der Waals surface area contributed by atoms with Crippen molar-refractivity contribution < 1.29 is 4.57 Å². The molecule has 8 aliphatic carbocycles. The van der Waals surface area contributed by atoms with E-state index in [0.29, 0.717) is 24.5 Å². The third-order valence-corrected chi connectivity index (χ3v) is 10.3. The summed E-state index contributed by atoms with van der Waals surface area (Å²) in [5.41, 5.74) is 0. The van der Waals surface area contributed by atoms with Crippen molar-refractivity contribution >= 4 is 13.8 Å². The Morgan fingerprint density at radius 3 is 1.00 bits per heavy atom. The highest BCUT2D eigenvalue weighted by atomic mass is 16.4. The maximum absolute atomic E-state index is 7.02. The van der Waals surface area contributed by atoms with Crippen LogP contribution in [-0.2, 0) is 4.57 Å². The van der Waals surface area contributed by atoms with Gasteiger partial charge in [0.25, 0.3) is 13.8 Å². The van der Waals surface area contributed by atoms with Gasteiger partial charge in [-0.25, -0.2) is 0 Å². The quantitative estimate of drug-likeness (QED) is 0.556. The molecular formula is C22H36B2O. The van der Waals surface area contributed by atoms with Crippen molar-refractivity contribution in [3.63, 3.8) is 0 Å². The minimum absolute atomic E-state index is 0.504. The van der Waals surface area contributed by atoms with E-state index in [4.69, 9.17) is 4.57 Å². The molecular weight excluding hydrogens is 302 g/mol. The average Bonchev–Trinajstić information content (AvgIpc) is 2.52. The molecule has 136 valence electrons. The third kappa shape index (κ3) is 2.39. The Hall–Kier alpha value is 0.0899. The van der Waals surface area contributed by atoms with Gasteiger partial charge in [0.2, 0.25) is 0 Å². The lowest BCUT2D eigenvalue weighted by atomic mass is 9.29. The zero-order valence-electron chi connectivity index (χ0n) is 16.5. The van der Waals surface area contributed by atoms with E-state index >= 15 is 0 Å². The molecule has 0 unspecified atom stereocenters. The summed E-state index contributed by atoms with van der Waals surface area (Å²) in [7, 11) is 0. The summed E-state index contributed by atoms with van der Waals surface area (Å²) in [4.78, 5) is 0. The van der Waals surface area contributed by atoms with E-state index in [1.165, 1.54) is 38.5 Å². The van der Waals surface area contributed by atoms with Gasteiger partial charge in [0.15, 0.2) is 0 Å². The molecule has 8 bridgehead atoms. The van der Waals surface area contributed by atoms with E-state index in [2.05, 4.69) is 13.6 Å². The first kappa shape index (κ1) is 16.1. The molecule has 0 aromatic carbocycles. The normalized spacial score (nSPS) is 55.0. The Balaban J connectivity index is 1.20. The maximum Gasteiger partial charge on any atom is 0.279 e. The summed E-state index contributed by atoms with van der Waals surface area (Å²) in [6, 6.07) is 0. The fourth-order valence-electron chi connectivity index (χ4n) is 9.95. The molecule has 0 amide bonds. The van der Waals surface area contributed by atoms with Crippen LogP contribution in [0.25, 0.3) is 0 Å². The first-order valence-electron chi connectivity index (χ1n) is 11.7. The van der Waals surface area contributed by atoms with E-state index in [1.54, 1.807) is 38.5 Å². The van der Waals surface area contributed by atoms with Gasteiger partial charge in [-0.3, -0.25) is 0 Å². The monoisotopic (exact) mass is 338 g/mol. The molecule has 1 nitrogen and oxygen atoms in total. The largest absolute Gasteiger partial charge is 0.498 e. The van der Waals surface area contributed by atoms with Crippen molar-refractivity contribution in [2.24, 2.45) is 35.5 Å². The highest BCUT2D eigenvalue weighted by Crippen LogP contribution is 2.67. The van der Waals surface area contributed by atoms with Gasteiger partial charge in [-0.1, -0.05) is 13.6 Å². The lowest BCUT2D eigenvalue weighted by Gasteiger charge is -2.60. The van der Waals surface area contributed by atoms with Crippen molar-refractivity contribution in [2.45, 2.75) is 101 Å². The van der Waals surface area contributed by atoms with E-state index in [9.17, 15) is 0 Å². The standard InChI is InChI=1S/C22H36B2O/c1-23(21-9-15-3-16(10-21)5-17(4-15)11-21)25-24(2)22-12-18-6-19(13-22)8-20(7-18)14-22/h15-20H,3-14H2,1-2H3. The van der Waals surface area contributed by atoms with Crippen LogP contribution in [0.2, 0.25) is 24.3 Å². The van der Waals surface area contributed by atoms with E-state index < -0.39 is 0 Å². The Bertz CT molecular complexity index is 440. The first-order valence-corrected chi connectivity index (χ1v) is 11.7. The van der Waals surface area contributed by atoms with Gasteiger partial charge >= 0.3 is 0 Å². The summed E-state index contributed by atoms with van der Waals surface area (Å²) >= 11 is 0. The van der Waals surface area contributed by atoms with Gasteiger partial charge in [0, 0.05) is 0 Å². The molecule has 0 atom stereocenters. The SMILES string of the molecule is CB(OB(C)C12CC3CC(CC(C3)C1)C2)C12CC3CC(CC(C3)C1)C2. The molecule has 0 radical (unpaired) electrons. The molecule has 8 fully saturated rings. The summed E-state index contributed by atoms with van der Waals surface area (Å²) < 4.78 is 7.02. The molecule has 3 heteroatoms. The van der Waals surface area contributed by atoms with E-state index in [0.717, 1.165) is 35.5 Å². The predicted octanol–water partition coefficient (Wildman–Crippen LogP) is 6.19. The number of hydrogen-bond acceptors (Lipinski definition) is 1. The van der Waals surface area contributed by atoms with Crippen molar-refractivity contribution in [3.8, 4) is 0 Å². The Labute approximate surface area is 155 Å². The van der Waals surface area contributed by atoms with Gasteiger partial charge < -0.3 is 4.57 Å². The van der Waals surface area contributed by atoms with Gasteiger partial charge in [-0.15, -0.1) is 0 Å². The molecule has 0 saturated heterocycles. The molecule has 8 saturated carbocycles. The molecule has 0 heterocycles. The highest BCUT2D eigenvalue weighted by molar-refractivity contribution is 6.68. The van der Waals surface area contributed by atoms with Crippen molar-refractivity contribution in [1.29, 1.82) is 0 Å². The molecule has 0 aromatic heterocycles. The van der Waals surface area contributed by atoms with Crippen molar-refractivity contribution in [2.75, 3.05) is 0 Å². The van der Waals surface area contributed by atoms with Crippen LogP contribution in [-0.4, -0.2) is 13.8 Å². The van der Waals surface area contributed by atoms with Crippen LogP contribution < -0.4 is 0 Å². The van der Waals surface area contributed by atoms with Gasteiger partial charge in [-0.05, 0) is 123 Å². The smallest absolute Gasteiger partial charge is 0.279 e. The zero-order valence-corrected chi connectivity index (χ0v) is 16.5. The van der Waals surface area contributed by atoms with E-state index in [1.807, 2.05) is 0 Å². The third-order valence-electron chi connectivity index (χ3n) is 10.3. The van der Waals surface area contributed by atoms with Gasteiger partial charge in [0.05, 0.1) is 0 Å². The second kappa shape index (κ2) is 5.33. The first-order chi connectivity index (χ1) is 12.0. The summed E-state index contributed by atoms with van der Waals surface area (Å²) in [5, 5.41) is 1.12. The molecule has 0 aromatic rings. The number of rotatable bonds is 4. The molecule has 8 aliphatic rings. The lowest BCUT2D eigenvalue weighted by Crippen LogP contribution is -2.54. The highest BCUT2D eigenvalue weighted by Gasteiger charge is 2.58. The molecule has 0 spiro atoms. The minimum atomic E-state index is 0.504. The predicted molar refractivity (Wildman–Crippen MR) is 106 cm³/mol. The second-order valence-corrected chi connectivity index (χ2v) is 12.0. The summed E-state index contributed by atoms with van der Waals surface area (Å²) in [6.45, 7) is 5.96. The van der Waals surface area contributed by atoms with Crippen molar-refractivity contribution in [3.05, 3.63) is 0 Å². The Morgan fingerprint density at radius 2 is 0.760 bits per heavy atom. The molecule has 0 aliphatic heterocycles. The van der Waals surface area contributed by atoms with Crippen molar-refractivity contribution in [1.82, 2.24) is 0 Å². The topological polar surface area (TPSA) is 9.23 Å². The minimum Gasteiger partial charge on any atom is -0.498 e. The van der Waals surface area contributed by atoms with Crippen LogP contribution in [0.4, 0.5) is 0 Å².